The number of anilines is 1. The highest BCUT2D eigenvalue weighted by Crippen LogP contribution is 2.22. The molecular weight excluding hydrogens is 393 g/mol. The maximum absolute atomic E-state index is 4.22. The van der Waals surface area contributed by atoms with Gasteiger partial charge in [-0.15, -0.1) is 0 Å². The van der Waals surface area contributed by atoms with E-state index in [1.54, 1.807) is 12.5 Å². The van der Waals surface area contributed by atoms with Gasteiger partial charge in [0.1, 0.15) is 12.1 Å². The number of nitrogens with zero attached hydrogens (tertiary/aromatic N) is 2. The van der Waals surface area contributed by atoms with Crippen molar-refractivity contribution in [1.82, 2.24) is 9.97 Å². The Bertz CT molecular complexity index is 501. The lowest BCUT2D eigenvalue weighted by molar-refractivity contribution is 0.869. The molecule has 1 heterocycles. The maximum atomic E-state index is 4.22. The third kappa shape index (κ3) is 3.38. The van der Waals surface area contributed by atoms with Crippen LogP contribution in [0.3, 0.4) is 0 Å². The summed E-state index contributed by atoms with van der Waals surface area (Å²) in [6.45, 7) is 2.11. The van der Waals surface area contributed by atoms with Gasteiger partial charge in [0.2, 0.25) is 0 Å². The molecule has 1 aromatic heterocycles. The van der Waals surface area contributed by atoms with E-state index in [4.69, 9.17) is 0 Å². The Morgan fingerprint density at radius 2 is 2.00 bits per heavy atom. The second kappa shape index (κ2) is 5.77. The molecule has 1 aromatic carbocycles. The van der Waals surface area contributed by atoms with Crippen LogP contribution in [0.1, 0.15) is 18.5 Å². The van der Waals surface area contributed by atoms with Crippen LogP contribution in [-0.4, -0.2) is 9.97 Å². The van der Waals surface area contributed by atoms with E-state index in [1.165, 1.54) is 5.56 Å². The van der Waals surface area contributed by atoms with Gasteiger partial charge in [-0.25, -0.2) is 9.97 Å². The summed E-state index contributed by atoms with van der Waals surface area (Å²) in [6, 6.07) is 8.48. The third-order valence-corrected chi connectivity index (χ3v) is 3.71. The summed E-state index contributed by atoms with van der Waals surface area (Å²) < 4.78 is 2.11. The molecule has 0 saturated heterocycles. The zero-order chi connectivity index (χ0) is 12.3. The highest BCUT2D eigenvalue weighted by molar-refractivity contribution is 14.1. The molecule has 5 heteroatoms. The fourth-order valence-corrected chi connectivity index (χ4v) is 2.18. The van der Waals surface area contributed by atoms with Gasteiger partial charge in [0.05, 0.1) is 3.57 Å². The minimum atomic E-state index is 0.214. The summed E-state index contributed by atoms with van der Waals surface area (Å²) in [5, 5.41) is 3.37. The van der Waals surface area contributed by atoms with E-state index >= 15 is 0 Å². The SMILES string of the molecule is CC(Nc1ncncc1I)c1ccc(Br)cc1. The Morgan fingerprint density at radius 3 is 2.65 bits per heavy atom. The summed E-state index contributed by atoms with van der Waals surface area (Å²) in [4.78, 5) is 8.19. The van der Waals surface area contributed by atoms with Gasteiger partial charge in [-0.2, -0.15) is 0 Å². The van der Waals surface area contributed by atoms with E-state index in [-0.39, 0.29) is 6.04 Å². The van der Waals surface area contributed by atoms with Crippen LogP contribution < -0.4 is 5.32 Å². The van der Waals surface area contributed by atoms with Crippen LogP contribution in [0.2, 0.25) is 0 Å². The number of hydrogen-bond donors (Lipinski definition) is 1. The molecule has 1 unspecified atom stereocenters. The first-order valence-corrected chi connectivity index (χ1v) is 7.01. The topological polar surface area (TPSA) is 37.8 Å². The Hall–Kier alpha value is -0.690. The van der Waals surface area contributed by atoms with Crippen LogP contribution in [0.15, 0.2) is 41.3 Å². The minimum absolute atomic E-state index is 0.214. The molecule has 0 fully saturated rings. The van der Waals surface area contributed by atoms with Crippen molar-refractivity contribution in [1.29, 1.82) is 0 Å². The molecule has 0 spiro atoms. The summed E-state index contributed by atoms with van der Waals surface area (Å²) in [7, 11) is 0. The fraction of sp³-hybridized carbons (Fsp3) is 0.167. The van der Waals surface area contributed by atoms with Crippen molar-refractivity contribution >= 4 is 44.3 Å². The van der Waals surface area contributed by atoms with Crippen molar-refractivity contribution < 1.29 is 0 Å². The lowest BCUT2D eigenvalue weighted by atomic mass is 10.1. The van der Waals surface area contributed by atoms with Crippen LogP contribution >= 0.6 is 38.5 Å². The molecule has 1 N–H and O–H groups in total. The standard InChI is InChI=1S/C12H11BrIN3/c1-8(9-2-4-10(13)5-3-9)17-12-11(14)6-15-7-16-12/h2-8H,1H3,(H,15,16,17). The van der Waals surface area contributed by atoms with Gasteiger partial charge in [0.25, 0.3) is 0 Å². The number of aromatic nitrogens is 2. The van der Waals surface area contributed by atoms with Gasteiger partial charge < -0.3 is 5.32 Å². The first kappa shape index (κ1) is 12.8. The number of nitrogens with one attached hydrogen (secondary N) is 1. The molecule has 0 aliphatic carbocycles. The average molecular weight is 404 g/mol. The molecule has 17 heavy (non-hydrogen) atoms. The van der Waals surface area contributed by atoms with Gasteiger partial charge >= 0.3 is 0 Å². The molecule has 0 bridgehead atoms. The van der Waals surface area contributed by atoms with Crippen molar-refractivity contribution in [3.8, 4) is 0 Å². The number of halogens is 2. The van der Waals surface area contributed by atoms with Gasteiger partial charge in [-0.1, -0.05) is 28.1 Å². The summed E-state index contributed by atoms with van der Waals surface area (Å²) in [5.74, 6) is 0.871. The van der Waals surface area contributed by atoms with E-state index in [0.29, 0.717) is 0 Å². The number of rotatable bonds is 3. The maximum Gasteiger partial charge on any atom is 0.143 e. The van der Waals surface area contributed by atoms with E-state index in [9.17, 15) is 0 Å². The molecular formula is C12H11BrIN3. The van der Waals surface area contributed by atoms with Gasteiger partial charge in [-0.05, 0) is 47.2 Å². The van der Waals surface area contributed by atoms with Gasteiger partial charge in [0, 0.05) is 16.7 Å². The molecule has 0 saturated carbocycles. The highest BCUT2D eigenvalue weighted by Gasteiger charge is 2.08. The van der Waals surface area contributed by atoms with Crippen molar-refractivity contribution in [2.75, 3.05) is 5.32 Å². The smallest absolute Gasteiger partial charge is 0.143 e. The second-order valence-electron chi connectivity index (χ2n) is 3.64. The van der Waals surface area contributed by atoms with Gasteiger partial charge in [-0.3, -0.25) is 0 Å². The summed E-state index contributed by atoms with van der Waals surface area (Å²) in [6.07, 6.45) is 3.35. The molecule has 2 rings (SSSR count). The average Bonchev–Trinajstić information content (AvgIpc) is 2.33. The Morgan fingerprint density at radius 1 is 1.29 bits per heavy atom. The molecule has 0 amide bonds. The fourth-order valence-electron chi connectivity index (χ4n) is 1.46. The molecule has 0 aliphatic rings. The monoisotopic (exact) mass is 403 g/mol. The van der Waals surface area contributed by atoms with Crippen LogP contribution in [0.5, 0.6) is 0 Å². The molecule has 88 valence electrons. The zero-order valence-electron chi connectivity index (χ0n) is 9.19. The lowest BCUT2D eigenvalue weighted by Gasteiger charge is -2.15. The molecule has 2 aromatic rings. The highest BCUT2D eigenvalue weighted by atomic mass is 127. The lowest BCUT2D eigenvalue weighted by Crippen LogP contribution is -2.09. The van der Waals surface area contributed by atoms with Crippen LogP contribution in [0.25, 0.3) is 0 Å². The summed E-state index contributed by atoms with van der Waals surface area (Å²) in [5.41, 5.74) is 1.22. The first-order chi connectivity index (χ1) is 8.16. The van der Waals surface area contributed by atoms with Crippen molar-refractivity contribution in [3.05, 3.63) is 50.4 Å². The third-order valence-electron chi connectivity index (χ3n) is 2.39. The Labute approximate surface area is 122 Å². The van der Waals surface area contributed by atoms with Crippen LogP contribution in [-0.2, 0) is 0 Å². The molecule has 0 radical (unpaired) electrons. The molecule has 1 atom stereocenters. The normalized spacial score (nSPS) is 12.2. The zero-order valence-corrected chi connectivity index (χ0v) is 12.9. The van der Waals surface area contributed by atoms with E-state index in [2.05, 4.69) is 72.9 Å². The number of hydrogen-bond acceptors (Lipinski definition) is 3. The Kier molecular flexibility index (Phi) is 4.33. The largest absolute Gasteiger partial charge is 0.363 e. The van der Waals surface area contributed by atoms with Gasteiger partial charge in [0.15, 0.2) is 0 Å². The van der Waals surface area contributed by atoms with Crippen molar-refractivity contribution in [3.63, 3.8) is 0 Å². The van der Waals surface area contributed by atoms with Crippen molar-refractivity contribution in [2.24, 2.45) is 0 Å². The minimum Gasteiger partial charge on any atom is -0.363 e. The van der Waals surface area contributed by atoms with E-state index < -0.39 is 0 Å². The van der Waals surface area contributed by atoms with Crippen LogP contribution in [0, 0.1) is 3.57 Å². The molecule has 3 nitrogen and oxygen atoms in total. The number of benzene rings is 1. The van der Waals surface area contributed by atoms with Crippen LogP contribution in [0.4, 0.5) is 5.82 Å². The predicted molar refractivity (Wildman–Crippen MR) is 80.9 cm³/mol. The predicted octanol–water partition coefficient (Wildman–Crippen LogP) is 4.02. The Balaban J connectivity index is 2.14. The van der Waals surface area contributed by atoms with Crippen molar-refractivity contribution in [2.45, 2.75) is 13.0 Å². The first-order valence-electron chi connectivity index (χ1n) is 5.14. The van der Waals surface area contributed by atoms with E-state index in [0.717, 1.165) is 13.9 Å². The summed E-state index contributed by atoms with van der Waals surface area (Å²) >= 11 is 5.65. The van der Waals surface area contributed by atoms with E-state index in [1.807, 2.05) is 12.1 Å². The quantitative estimate of drug-likeness (QED) is 0.786. The molecule has 0 aliphatic heterocycles. The second-order valence-corrected chi connectivity index (χ2v) is 5.71.